The van der Waals surface area contributed by atoms with E-state index in [0.29, 0.717) is 24.3 Å². The van der Waals surface area contributed by atoms with Crippen molar-refractivity contribution in [3.63, 3.8) is 0 Å². The highest BCUT2D eigenvalue weighted by Gasteiger charge is 2.41. The Bertz CT molecular complexity index is 954. The molecule has 5 rings (SSSR count). The molecule has 2 saturated heterocycles. The molecule has 0 saturated carbocycles. The molecule has 3 aliphatic heterocycles. The van der Waals surface area contributed by atoms with Crippen LogP contribution in [0, 0.1) is 0 Å². The lowest BCUT2D eigenvalue weighted by Gasteiger charge is -2.36. The summed E-state index contributed by atoms with van der Waals surface area (Å²) in [5, 5.41) is 10.4. The van der Waals surface area contributed by atoms with Crippen LogP contribution in [-0.4, -0.2) is 46.2 Å². The van der Waals surface area contributed by atoms with E-state index in [0.717, 1.165) is 49.6 Å². The quantitative estimate of drug-likeness (QED) is 0.737. The van der Waals surface area contributed by atoms with Gasteiger partial charge in [0.15, 0.2) is 11.5 Å². The number of nitrogens with zero attached hydrogens (tertiary/aromatic N) is 4. The molecule has 158 valence electrons. The Morgan fingerprint density at radius 1 is 1.27 bits per heavy atom. The summed E-state index contributed by atoms with van der Waals surface area (Å²) in [5.41, 5.74) is 4.56. The maximum absolute atomic E-state index is 10.4. The van der Waals surface area contributed by atoms with Crippen molar-refractivity contribution in [3.05, 3.63) is 53.4 Å². The molecule has 6 nitrogen and oxygen atoms in total. The summed E-state index contributed by atoms with van der Waals surface area (Å²) in [5.74, 6) is 1.67. The van der Waals surface area contributed by atoms with E-state index in [-0.39, 0.29) is 5.75 Å². The minimum Gasteiger partial charge on any atom is -0.504 e. The van der Waals surface area contributed by atoms with Gasteiger partial charge >= 0.3 is 0 Å². The molecule has 0 radical (unpaired) electrons. The van der Waals surface area contributed by atoms with Crippen LogP contribution < -0.4 is 9.64 Å². The van der Waals surface area contributed by atoms with Gasteiger partial charge in [-0.05, 0) is 43.7 Å². The average Bonchev–Trinajstić information content (AvgIpc) is 3.38. The number of ether oxygens (including phenoxy) is 1. The molecule has 3 aliphatic rings. The van der Waals surface area contributed by atoms with Crippen molar-refractivity contribution < 1.29 is 9.84 Å². The van der Waals surface area contributed by atoms with E-state index < -0.39 is 0 Å². The summed E-state index contributed by atoms with van der Waals surface area (Å²) in [6.07, 6.45) is 10.3. The van der Waals surface area contributed by atoms with Gasteiger partial charge in [-0.25, -0.2) is 9.97 Å². The Hall–Kier alpha value is -2.60. The SMILES string of the molecule is C=CCc1cc(CN2[C@H]3CC[C@H]2c2cnc(N4CCCC4)nc2C3)cc(OC)c1O. The Labute approximate surface area is 178 Å². The number of hydrogen-bond acceptors (Lipinski definition) is 6. The van der Waals surface area contributed by atoms with Crippen molar-refractivity contribution in [1.82, 2.24) is 14.9 Å². The summed E-state index contributed by atoms with van der Waals surface area (Å²) < 4.78 is 5.42. The van der Waals surface area contributed by atoms with E-state index in [1.807, 2.05) is 12.1 Å². The van der Waals surface area contributed by atoms with Crippen molar-refractivity contribution in [2.45, 2.75) is 57.2 Å². The summed E-state index contributed by atoms with van der Waals surface area (Å²) in [4.78, 5) is 14.6. The molecule has 4 heterocycles. The lowest BCUT2D eigenvalue weighted by molar-refractivity contribution is 0.166. The zero-order valence-electron chi connectivity index (χ0n) is 17.7. The second kappa shape index (κ2) is 7.91. The van der Waals surface area contributed by atoms with Gasteiger partial charge in [0.2, 0.25) is 5.95 Å². The third kappa shape index (κ3) is 3.33. The van der Waals surface area contributed by atoms with Gasteiger partial charge in [-0.3, -0.25) is 4.90 Å². The zero-order chi connectivity index (χ0) is 20.7. The van der Waals surface area contributed by atoms with Gasteiger partial charge in [0.25, 0.3) is 0 Å². The van der Waals surface area contributed by atoms with Crippen LogP contribution in [0.2, 0.25) is 0 Å². The standard InChI is InChI=1S/C24H30N4O2/c1-3-6-17-11-16(12-22(30-2)23(17)29)15-28-18-7-8-21(28)19-14-25-24(26-20(19)13-18)27-9-4-5-10-27/h3,11-12,14,18,21,29H,1,4-10,13,15H2,2H3/t18-,21-/m0/s1. The first-order chi connectivity index (χ1) is 14.7. The van der Waals surface area contributed by atoms with Gasteiger partial charge in [0.05, 0.1) is 12.8 Å². The smallest absolute Gasteiger partial charge is 0.225 e. The number of aromatic nitrogens is 2. The third-order valence-corrected chi connectivity index (χ3v) is 6.87. The monoisotopic (exact) mass is 406 g/mol. The predicted octanol–water partition coefficient (Wildman–Crippen LogP) is 3.78. The van der Waals surface area contributed by atoms with Crippen molar-refractivity contribution in [1.29, 1.82) is 0 Å². The van der Waals surface area contributed by atoms with Crippen molar-refractivity contribution in [2.24, 2.45) is 0 Å². The maximum atomic E-state index is 10.4. The average molecular weight is 407 g/mol. The normalized spacial score (nSPS) is 22.9. The molecule has 0 aliphatic carbocycles. The molecule has 0 amide bonds. The fourth-order valence-electron chi connectivity index (χ4n) is 5.38. The minimum atomic E-state index is 0.218. The van der Waals surface area contributed by atoms with Crippen LogP contribution in [0.25, 0.3) is 0 Å². The Kier molecular flexibility index (Phi) is 5.11. The minimum absolute atomic E-state index is 0.218. The topological polar surface area (TPSA) is 61.7 Å². The number of fused-ring (bicyclic) bond motifs is 4. The molecule has 0 unspecified atom stereocenters. The second-order valence-corrected chi connectivity index (χ2v) is 8.69. The van der Waals surface area contributed by atoms with Crippen LogP contribution >= 0.6 is 0 Å². The molecule has 30 heavy (non-hydrogen) atoms. The fourth-order valence-corrected chi connectivity index (χ4v) is 5.38. The largest absolute Gasteiger partial charge is 0.504 e. The molecule has 1 aromatic heterocycles. The number of hydrogen-bond donors (Lipinski definition) is 1. The first-order valence-electron chi connectivity index (χ1n) is 11.0. The molecule has 6 heteroatoms. The summed E-state index contributed by atoms with van der Waals surface area (Å²) in [6.45, 7) is 6.80. The number of aromatic hydroxyl groups is 1. The third-order valence-electron chi connectivity index (χ3n) is 6.87. The van der Waals surface area contributed by atoms with E-state index in [2.05, 4.69) is 28.6 Å². The highest BCUT2D eigenvalue weighted by atomic mass is 16.5. The molecular formula is C24H30N4O2. The van der Waals surface area contributed by atoms with Gasteiger partial charge in [-0.2, -0.15) is 0 Å². The van der Waals surface area contributed by atoms with Crippen molar-refractivity contribution in [2.75, 3.05) is 25.1 Å². The molecule has 2 atom stereocenters. The van der Waals surface area contributed by atoms with Crippen LogP contribution in [-0.2, 0) is 19.4 Å². The van der Waals surface area contributed by atoms with Gasteiger partial charge in [0.1, 0.15) is 0 Å². The Balaban J connectivity index is 1.41. The second-order valence-electron chi connectivity index (χ2n) is 8.69. The highest BCUT2D eigenvalue weighted by molar-refractivity contribution is 5.49. The van der Waals surface area contributed by atoms with Gasteiger partial charge < -0.3 is 14.7 Å². The van der Waals surface area contributed by atoms with Gasteiger partial charge in [-0.15, -0.1) is 6.58 Å². The van der Waals surface area contributed by atoms with E-state index >= 15 is 0 Å². The van der Waals surface area contributed by atoms with Crippen LogP contribution in [0.15, 0.2) is 31.0 Å². The molecule has 0 spiro atoms. The predicted molar refractivity (Wildman–Crippen MR) is 117 cm³/mol. The first-order valence-corrected chi connectivity index (χ1v) is 11.0. The number of phenolic OH excluding ortho intramolecular Hbond substituents is 1. The molecular weight excluding hydrogens is 376 g/mol. The highest BCUT2D eigenvalue weighted by Crippen LogP contribution is 2.44. The van der Waals surface area contributed by atoms with E-state index in [1.165, 1.54) is 30.5 Å². The number of phenols is 1. The summed E-state index contributed by atoms with van der Waals surface area (Å²) in [7, 11) is 1.60. The Morgan fingerprint density at radius 3 is 2.87 bits per heavy atom. The zero-order valence-corrected chi connectivity index (χ0v) is 17.7. The maximum Gasteiger partial charge on any atom is 0.225 e. The number of anilines is 1. The number of allylic oxidation sites excluding steroid dienone is 1. The number of rotatable bonds is 6. The van der Waals surface area contributed by atoms with E-state index in [9.17, 15) is 5.11 Å². The lowest BCUT2D eigenvalue weighted by atomic mass is 9.97. The number of methoxy groups -OCH3 is 1. The van der Waals surface area contributed by atoms with E-state index in [4.69, 9.17) is 14.7 Å². The van der Waals surface area contributed by atoms with Crippen LogP contribution in [0.1, 0.15) is 54.1 Å². The lowest BCUT2D eigenvalue weighted by Crippen LogP contribution is -2.38. The molecule has 1 aromatic carbocycles. The fraction of sp³-hybridized carbons (Fsp3) is 0.500. The van der Waals surface area contributed by atoms with Gasteiger partial charge in [-0.1, -0.05) is 12.1 Å². The van der Waals surface area contributed by atoms with Crippen LogP contribution in [0.3, 0.4) is 0 Å². The number of benzene rings is 1. The van der Waals surface area contributed by atoms with Gasteiger partial charge in [0, 0.05) is 55.5 Å². The molecule has 2 fully saturated rings. The van der Waals surface area contributed by atoms with Crippen molar-refractivity contribution in [3.8, 4) is 11.5 Å². The molecule has 2 aromatic rings. The summed E-state index contributed by atoms with van der Waals surface area (Å²) >= 11 is 0. The van der Waals surface area contributed by atoms with Crippen LogP contribution in [0.5, 0.6) is 11.5 Å². The summed E-state index contributed by atoms with van der Waals surface area (Å²) in [6, 6.07) is 4.92. The van der Waals surface area contributed by atoms with Crippen LogP contribution in [0.4, 0.5) is 5.95 Å². The first kappa shape index (κ1) is 19.4. The van der Waals surface area contributed by atoms with E-state index in [1.54, 1.807) is 7.11 Å². The van der Waals surface area contributed by atoms with Crippen molar-refractivity contribution >= 4 is 5.95 Å². The molecule has 1 N–H and O–H groups in total. The molecule has 2 bridgehead atoms. The Morgan fingerprint density at radius 2 is 2.10 bits per heavy atom.